The zero-order chi connectivity index (χ0) is 14.8. The SMILES string of the molecule is CCCN(CCC)C(=O)CCNCc1ccccc1Cl. The van der Waals surface area contributed by atoms with Crippen LogP contribution in [0.4, 0.5) is 0 Å². The van der Waals surface area contributed by atoms with Gasteiger partial charge in [-0.2, -0.15) is 0 Å². The third-order valence-electron chi connectivity index (χ3n) is 3.13. The predicted molar refractivity (Wildman–Crippen MR) is 84.9 cm³/mol. The summed E-state index contributed by atoms with van der Waals surface area (Å²) in [5.41, 5.74) is 1.07. The molecule has 0 atom stereocenters. The van der Waals surface area contributed by atoms with Crippen molar-refractivity contribution >= 4 is 17.5 Å². The molecule has 0 fully saturated rings. The van der Waals surface area contributed by atoms with E-state index in [2.05, 4.69) is 19.2 Å². The first kappa shape index (κ1) is 17.0. The molecule has 0 saturated heterocycles. The lowest BCUT2D eigenvalue weighted by atomic mass is 10.2. The van der Waals surface area contributed by atoms with E-state index in [-0.39, 0.29) is 5.91 Å². The molecule has 0 aliphatic heterocycles. The fourth-order valence-electron chi connectivity index (χ4n) is 2.12. The summed E-state index contributed by atoms with van der Waals surface area (Å²) < 4.78 is 0. The number of halogens is 1. The van der Waals surface area contributed by atoms with Gasteiger partial charge in [0.1, 0.15) is 0 Å². The molecule has 20 heavy (non-hydrogen) atoms. The summed E-state index contributed by atoms with van der Waals surface area (Å²) in [5, 5.41) is 4.05. The number of hydrogen-bond donors (Lipinski definition) is 1. The first-order valence-electron chi connectivity index (χ1n) is 7.40. The van der Waals surface area contributed by atoms with Crippen LogP contribution in [0.5, 0.6) is 0 Å². The van der Waals surface area contributed by atoms with Gasteiger partial charge in [0.15, 0.2) is 0 Å². The van der Waals surface area contributed by atoms with Crippen molar-refractivity contribution in [2.75, 3.05) is 19.6 Å². The molecule has 1 aromatic carbocycles. The molecule has 1 aromatic rings. The van der Waals surface area contributed by atoms with Crippen molar-refractivity contribution in [1.82, 2.24) is 10.2 Å². The van der Waals surface area contributed by atoms with Crippen LogP contribution in [0.15, 0.2) is 24.3 Å². The second kappa shape index (κ2) is 9.78. The van der Waals surface area contributed by atoms with Crippen molar-refractivity contribution < 1.29 is 4.79 Å². The largest absolute Gasteiger partial charge is 0.343 e. The molecule has 3 nitrogen and oxygen atoms in total. The van der Waals surface area contributed by atoms with E-state index in [4.69, 9.17) is 11.6 Å². The topological polar surface area (TPSA) is 32.3 Å². The normalized spacial score (nSPS) is 10.6. The Hall–Kier alpha value is -1.06. The first-order chi connectivity index (χ1) is 9.69. The summed E-state index contributed by atoms with van der Waals surface area (Å²) in [5.74, 6) is 0.236. The Kier molecular flexibility index (Phi) is 8.31. The van der Waals surface area contributed by atoms with Crippen LogP contribution < -0.4 is 5.32 Å². The quantitative estimate of drug-likeness (QED) is 0.708. The summed E-state index contributed by atoms with van der Waals surface area (Å²) in [6.45, 7) is 7.31. The first-order valence-corrected chi connectivity index (χ1v) is 7.78. The summed E-state index contributed by atoms with van der Waals surface area (Å²) in [6.07, 6.45) is 2.57. The molecule has 1 rings (SSSR count). The standard InChI is InChI=1S/C16H25ClN2O/c1-3-11-19(12-4-2)16(20)9-10-18-13-14-7-5-6-8-15(14)17/h5-8,18H,3-4,9-13H2,1-2H3. The summed E-state index contributed by atoms with van der Waals surface area (Å²) in [7, 11) is 0. The van der Waals surface area contributed by atoms with Crippen LogP contribution >= 0.6 is 11.6 Å². The molecule has 0 bridgehead atoms. The van der Waals surface area contributed by atoms with Crippen LogP contribution in [-0.4, -0.2) is 30.4 Å². The number of hydrogen-bond acceptors (Lipinski definition) is 2. The monoisotopic (exact) mass is 296 g/mol. The lowest BCUT2D eigenvalue weighted by molar-refractivity contribution is -0.131. The number of benzene rings is 1. The molecule has 0 aromatic heterocycles. The average molecular weight is 297 g/mol. The van der Waals surface area contributed by atoms with E-state index in [1.807, 2.05) is 29.2 Å². The predicted octanol–water partition coefficient (Wildman–Crippen LogP) is 3.47. The molecule has 1 N–H and O–H groups in total. The number of carbonyl (C=O) groups is 1. The lowest BCUT2D eigenvalue weighted by Gasteiger charge is -2.21. The minimum atomic E-state index is 0.236. The van der Waals surface area contributed by atoms with Gasteiger partial charge >= 0.3 is 0 Å². The summed E-state index contributed by atoms with van der Waals surface area (Å²) >= 11 is 6.08. The van der Waals surface area contributed by atoms with E-state index >= 15 is 0 Å². The van der Waals surface area contributed by atoms with E-state index in [0.717, 1.165) is 36.5 Å². The van der Waals surface area contributed by atoms with E-state index < -0.39 is 0 Å². The van der Waals surface area contributed by atoms with Crippen LogP contribution in [0.1, 0.15) is 38.7 Å². The van der Waals surface area contributed by atoms with Crippen LogP contribution in [0.25, 0.3) is 0 Å². The maximum atomic E-state index is 12.1. The van der Waals surface area contributed by atoms with Crippen molar-refractivity contribution in [3.63, 3.8) is 0 Å². The van der Waals surface area contributed by atoms with Gasteiger partial charge in [-0.25, -0.2) is 0 Å². The molecule has 0 aliphatic carbocycles. The van der Waals surface area contributed by atoms with E-state index in [1.165, 1.54) is 0 Å². The molecule has 4 heteroatoms. The van der Waals surface area contributed by atoms with Gasteiger partial charge in [0, 0.05) is 37.6 Å². The number of nitrogens with one attached hydrogen (secondary N) is 1. The van der Waals surface area contributed by atoms with Gasteiger partial charge in [0.2, 0.25) is 5.91 Å². The molecule has 0 radical (unpaired) electrons. The molecule has 0 heterocycles. The molecule has 0 spiro atoms. The molecular weight excluding hydrogens is 272 g/mol. The van der Waals surface area contributed by atoms with E-state index in [0.29, 0.717) is 19.5 Å². The zero-order valence-electron chi connectivity index (χ0n) is 12.5. The second-order valence-corrected chi connectivity index (χ2v) is 5.31. The maximum absolute atomic E-state index is 12.1. The molecule has 112 valence electrons. The number of amides is 1. The van der Waals surface area contributed by atoms with E-state index in [9.17, 15) is 4.79 Å². The third-order valence-corrected chi connectivity index (χ3v) is 3.50. The Labute approximate surface area is 127 Å². The number of carbonyl (C=O) groups excluding carboxylic acids is 1. The minimum Gasteiger partial charge on any atom is -0.343 e. The number of rotatable bonds is 9. The summed E-state index contributed by atoms with van der Waals surface area (Å²) in [4.78, 5) is 14.0. The second-order valence-electron chi connectivity index (χ2n) is 4.90. The smallest absolute Gasteiger partial charge is 0.223 e. The zero-order valence-corrected chi connectivity index (χ0v) is 13.2. The van der Waals surface area contributed by atoms with Crippen molar-refractivity contribution in [3.05, 3.63) is 34.9 Å². The van der Waals surface area contributed by atoms with Gasteiger partial charge in [-0.3, -0.25) is 4.79 Å². The molecule has 0 unspecified atom stereocenters. The molecular formula is C16H25ClN2O. The van der Waals surface area contributed by atoms with E-state index in [1.54, 1.807) is 0 Å². The highest BCUT2D eigenvalue weighted by Crippen LogP contribution is 2.14. The molecule has 1 amide bonds. The maximum Gasteiger partial charge on any atom is 0.223 e. The van der Waals surface area contributed by atoms with Gasteiger partial charge < -0.3 is 10.2 Å². The van der Waals surface area contributed by atoms with Gasteiger partial charge in [0.25, 0.3) is 0 Å². The van der Waals surface area contributed by atoms with Crippen LogP contribution in [0.2, 0.25) is 5.02 Å². The van der Waals surface area contributed by atoms with Crippen molar-refractivity contribution in [3.8, 4) is 0 Å². The van der Waals surface area contributed by atoms with Gasteiger partial charge in [-0.1, -0.05) is 43.6 Å². The Bertz CT molecular complexity index is 403. The Balaban J connectivity index is 2.29. The highest BCUT2D eigenvalue weighted by Gasteiger charge is 2.10. The summed E-state index contributed by atoms with van der Waals surface area (Å²) in [6, 6.07) is 7.77. The van der Waals surface area contributed by atoms with Crippen LogP contribution in [0, 0.1) is 0 Å². The Morgan fingerprint density at radius 1 is 1.20 bits per heavy atom. The number of nitrogens with zero attached hydrogens (tertiary/aromatic N) is 1. The van der Waals surface area contributed by atoms with Crippen molar-refractivity contribution in [2.45, 2.75) is 39.7 Å². The molecule has 0 aliphatic rings. The highest BCUT2D eigenvalue weighted by atomic mass is 35.5. The van der Waals surface area contributed by atoms with Crippen molar-refractivity contribution in [1.29, 1.82) is 0 Å². The van der Waals surface area contributed by atoms with Crippen LogP contribution in [-0.2, 0) is 11.3 Å². The highest BCUT2D eigenvalue weighted by molar-refractivity contribution is 6.31. The Morgan fingerprint density at radius 3 is 2.45 bits per heavy atom. The lowest BCUT2D eigenvalue weighted by Crippen LogP contribution is -2.34. The Morgan fingerprint density at radius 2 is 1.85 bits per heavy atom. The third kappa shape index (κ3) is 5.93. The van der Waals surface area contributed by atoms with Gasteiger partial charge in [-0.05, 0) is 24.5 Å². The minimum absolute atomic E-state index is 0.236. The average Bonchev–Trinajstić information content (AvgIpc) is 2.45. The van der Waals surface area contributed by atoms with Gasteiger partial charge in [0.05, 0.1) is 0 Å². The van der Waals surface area contributed by atoms with Crippen molar-refractivity contribution in [2.24, 2.45) is 0 Å². The molecule has 0 saturated carbocycles. The fraction of sp³-hybridized carbons (Fsp3) is 0.562. The van der Waals surface area contributed by atoms with Crippen LogP contribution in [0.3, 0.4) is 0 Å². The fourth-order valence-corrected chi connectivity index (χ4v) is 2.32. The van der Waals surface area contributed by atoms with Gasteiger partial charge in [-0.15, -0.1) is 0 Å².